The van der Waals surface area contributed by atoms with E-state index in [1.807, 2.05) is 11.6 Å². The monoisotopic (exact) mass is 164 g/mol. The molecule has 1 heterocycles. The summed E-state index contributed by atoms with van der Waals surface area (Å²) in [7, 11) is 1.91. The number of nitrogens with zero attached hydrogens (tertiary/aromatic N) is 3. The molecule has 0 saturated carbocycles. The maximum atomic E-state index is 5.09. The topological polar surface area (TPSA) is 42.7 Å². The smallest absolute Gasteiger partial charge is 0.146 e. The van der Waals surface area contributed by atoms with Crippen molar-refractivity contribution in [2.75, 3.05) is 6.54 Å². The van der Waals surface area contributed by atoms with Gasteiger partial charge in [-0.3, -0.25) is 0 Å². The molecular formula is C8H12N4. The van der Waals surface area contributed by atoms with E-state index in [2.05, 4.69) is 21.4 Å². The highest BCUT2D eigenvalue weighted by Crippen LogP contribution is 1.89. The normalized spacial score (nSPS) is 9.67. The van der Waals surface area contributed by atoms with Crippen LogP contribution in [0.15, 0.2) is 6.33 Å². The highest BCUT2D eigenvalue weighted by Gasteiger charge is 1.97. The van der Waals surface area contributed by atoms with E-state index in [1.165, 1.54) is 0 Å². The van der Waals surface area contributed by atoms with E-state index in [0.29, 0.717) is 0 Å². The summed E-state index contributed by atoms with van der Waals surface area (Å²) in [6, 6.07) is 0. The SMILES string of the molecule is C#CCCNCc1nncn1C. The first-order chi connectivity index (χ1) is 5.84. The van der Waals surface area contributed by atoms with E-state index < -0.39 is 0 Å². The fourth-order valence-corrected chi connectivity index (χ4v) is 0.828. The molecule has 0 saturated heterocycles. The van der Waals surface area contributed by atoms with Crippen LogP contribution in [0.25, 0.3) is 0 Å². The fourth-order valence-electron chi connectivity index (χ4n) is 0.828. The minimum Gasteiger partial charge on any atom is -0.320 e. The van der Waals surface area contributed by atoms with E-state index >= 15 is 0 Å². The lowest BCUT2D eigenvalue weighted by atomic mass is 10.4. The van der Waals surface area contributed by atoms with Crippen LogP contribution in [-0.4, -0.2) is 21.3 Å². The Hall–Kier alpha value is -1.34. The second-order valence-electron chi connectivity index (χ2n) is 2.49. The maximum Gasteiger partial charge on any atom is 0.146 e. The Bertz CT molecular complexity index is 271. The summed E-state index contributed by atoms with van der Waals surface area (Å²) in [5.41, 5.74) is 0. The van der Waals surface area contributed by atoms with Gasteiger partial charge in [0.15, 0.2) is 0 Å². The molecule has 0 unspecified atom stereocenters. The van der Waals surface area contributed by atoms with Gasteiger partial charge >= 0.3 is 0 Å². The maximum absolute atomic E-state index is 5.09. The van der Waals surface area contributed by atoms with Gasteiger partial charge in [0, 0.05) is 20.0 Å². The third-order valence-electron chi connectivity index (χ3n) is 1.53. The van der Waals surface area contributed by atoms with Gasteiger partial charge in [-0.1, -0.05) is 0 Å². The van der Waals surface area contributed by atoms with E-state index in [-0.39, 0.29) is 0 Å². The molecular weight excluding hydrogens is 152 g/mol. The molecule has 0 spiro atoms. The summed E-state index contributed by atoms with van der Waals surface area (Å²) in [5, 5.41) is 10.8. The molecule has 12 heavy (non-hydrogen) atoms. The van der Waals surface area contributed by atoms with Crippen LogP contribution in [0, 0.1) is 12.3 Å². The van der Waals surface area contributed by atoms with Gasteiger partial charge in [0.1, 0.15) is 12.2 Å². The number of aryl methyl sites for hydroxylation is 1. The van der Waals surface area contributed by atoms with Crippen molar-refractivity contribution in [3.8, 4) is 12.3 Å². The Kier molecular flexibility index (Phi) is 3.30. The van der Waals surface area contributed by atoms with Crippen LogP contribution in [0.5, 0.6) is 0 Å². The van der Waals surface area contributed by atoms with E-state index in [9.17, 15) is 0 Å². The molecule has 64 valence electrons. The molecule has 1 aromatic heterocycles. The van der Waals surface area contributed by atoms with Crippen LogP contribution < -0.4 is 5.32 Å². The van der Waals surface area contributed by atoms with Crippen LogP contribution in [-0.2, 0) is 13.6 Å². The third-order valence-corrected chi connectivity index (χ3v) is 1.53. The van der Waals surface area contributed by atoms with E-state index in [4.69, 9.17) is 6.42 Å². The summed E-state index contributed by atoms with van der Waals surface area (Å²) in [5.74, 6) is 3.48. The standard InChI is InChI=1S/C8H12N4/c1-3-4-5-9-6-8-11-10-7-12(8)2/h1,7,9H,4-6H2,2H3. The number of aromatic nitrogens is 3. The van der Waals surface area contributed by atoms with Crippen molar-refractivity contribution in [2.45, 2.75) is 13.0 Å². The zero-order chi connectivity index (χ0) is 8.81. The molecule has 0 aliphatic carbocycles. The van der Waals surface area contributed by atoms with Crippen LogP contribution in [0.4, 0.5) is 0 Å². The number of nitrogens with one attached hydrogen (secondary N) is 1. The minimum absolute atomic E-state index is 0.720. The number of rotatable bonds is 4. The summed E-state index contributed by atoms with van der Waals surface area (Å²) in [4.78, 5) is 0. The van der Waals surface area contributed by atoms with Crippen molar-refractivity contribution in [1.82, 2.24) is 20.1 Å². The third kappa shape index (κ3) is 2.36. The Balaban J connectivity index is 2.25. The largest absolute Gasteiger partial charge is 0.320 e. The lowest BCUT2D eigenvalue weighted by molar-refractivity contribution is 0.644. The van der Waals surface area contributed by atoms with Gasteiger partial charge in [-0.15, -0.1) is 22.5 Å². The highest BCUT2D eigenvalue weighted by molar-refractivity contribution is 4.86. The van der Waals surface area contributed by atoms with E-state index in [1.54, 1.807) is 6.33 Å². The molecule has 0 aliphatic heterocycles. The molecule has 4 nitrogen and oxygen atoms in total. The molecule has 0 amide bonds. The highest BCUT2D eigenvalue weighted by atomic mass is 15.3. The lowest BCUT2D eigenvalue weighted by Gasteiger charge is -2.00. The van der Waals surface area contributed by atoms with Crippen molar-refractivity contribution < 1.29 is 0 Å². The van der Waals surface area contributed by atoms with Crippen molar-refractivity contribution in [3.63, 3.8) is 0 Å². The molecule has 0 radical (unpaired) electrons. The van der Waals surface area contributed by atoms with Crippen LogP contribution in [0.2, 0.25) is 0 Å². The average molecular weight is 164 g/mol. The summed E-state index contributed by atoms with van der Waals surface area (Å²) in [6.45, 7) is 1.54. The first kappa shape index (κ1) is 8.75. The Morgan fingerprint density at radius 1 is 1.75 bits per heavy atom. The molecule has 0 fully saturated rings. The number of hydrogen-bond donors (Lipinski definition) is 1. The molecule has 1 aromatic rings. The molecule has 4 heteroatoms. The van der Waals surface area contributed by atoms with Crippen LogP contribution in [0.1, 0.15) is 12.2 Å². The fraction of sp³-hybridized carbons (Fsp3) is 0.500. The first-order valence-electron chi connectivity index (χ1n) is 3.81. The first-order valence-corrected chi connectivity index (χ1v) is 3.81. The van der Waals surface area contributed by atoms with Gasteiger partial charge in [-0.2, -0.15) is 0 Å². The predicted octanol–water partition coefficient (Wildman–Crippen LogP) is -0.0720. The zero-order valence-electron chi connectivity index (χ0n) is 7.12. The van der Waals surface area contributed by atoms with Crippen molar-refractivity contribution >= 4 is 0 Å². The molecule has 0 bridgehead atoms. The molecule has 1 N–H and O–H groups in total. The van der Waals surface area contributed by atoms with Gasteiger partial charge in [0.05, 0.1) is 6.54 Å². The molecule has 0 aromatic carbocycles. The second kappa shape index (κ2) is 4.52. The Morgan fingerprint density at radius 2 is 2.58 bits per heavy atom. The lowest BCUT2D eigenvalue weighted by Crippen LogP contribution is -2.16. The number of terminal acetylenes is 1. The second-order valence-corrected chi connectivity index (χ2v) is 2.49. The number of hydrogen-bond acceptors (Lipinski definition) is 3. The van der Waals surface area contributed by atoms with Gasteiger partial charge in [-0.25, -0.2) is 0 Å². The van der Waals surface area contributed by atoms with Crippen molar-refractivity contribution in [3.05, 3.63) is 12.2 Å². The minimum atomic E-state index is 0.720. The molecule has 1 rings (SSSR count). The Labute approximate surface area is 72.0 Å². The van der Waals surface area contributed by atoms with Crippen molar-refractivity contribution in [2.24, 2.45) is 7.05 Å². The van der Waals surface area contributed by atoms with E-state index in [0.717, 1.165) is 25.3 Å². The van der Waals surface area contributed by atoms with Crippen LogP contribution in [0.3, 0.4) is 0 Å². The summed E-state index contributed by atoms with van der Waals surface area (Å²) in [6.07, 6.45) is 7.52. The van der Waals surface area contributed by atoms with Crippen LogP contribution >= 0.6 is 0 Å². The average Bonchev–Trinajstić information content (AvgIpc) is 2.46. The molecule has 0 aliphatic rings. The summed E-state index contributed by atoms with van der Waals surface area (Å²) < 4.78 is 1.88. The van der Waals surface area contributed by atoms with Gasteiger partial charge in [0.25, 0.3) is 0 Å². The quantitative estimate of drug-likeness (QED) is 0.500. The van der Waals surface area contributed by atoms with Crippen molar-refractivity contribution in [1.29, 1.82) is 0 Å². The van der Waals surface area contributed by atoms with Gasteiger partial charge < -0.3 is 9.88 Å². The van der Waals surface area contributed by atoms with Gasteiger partial charge in [0.2, 0.25) is 0 Å². The molecule has 0 atom stereocenters. The van der Waals surface area contributed by atoms with Gasteiger partial charge in [-0.05, 0) is 0 Å². The summed E-state index contributed by atoms with van der Waals surface area (Å²) >= 11 is 0. The Morgan fingerprint density at radius 3 is 3.17 bits per heavy atom. The predicted molar refractivity (Wildman–Crippen MR) is 46.2 cm³/mol. The zero-order valence-corrected chi connectivity index (χ0v) is 7.12.